The minimum absolute atomic E-state index is 0. The van der Waals surface area contributed by atoms with E-state index in [0.29, 0.717) is 26.1 Å². The Hall–Kier alpha value is -0.410. The van der Waals surface area contributed by atoms with Gasteiger partial charge in [0.15, 0.2) is 0 Å². The standard InChI is InChI=1S/C13H26N4O3S.ClH/c1-21(19,20)17-7-2-6-15(11-12-17)8-3-13(18)16-9-4-14-5-10-16;/h14H,2-12H2,1H3;1H. The van der Waals surface area contributed by atoms with E-state index in [1.807, 2.05) is 4.90 Å². The molecule has 2 fully saturated rings. The summed E-state index contributed by atoms with van der Waals surface area (Å²) in [6.07, 6.45) is 2.62. The lowest BCUT2D eigenvalue weighted by Gasteiger charge is -2.28. The second-order valence-corrected chi connectivity index (χ2v) is 7.72. The smallest absolute Gasteiger partial charge is 0.223 e. The molecule has 2 aliphatic heterocycles. The summed E-state index contributed by atoms with van der Waals surface area (Å²) < 4.78 is 24.7. The molecule has 0 bridgehead atoms. The highest BCUT2D eigenvalue weighted by molar-refractivity contribution is 7.88. The zero-order valence-electron chi connectivity index (χ0n) is 13.2. The van der Waals surface area contributed by atoms with Crippen LogP contribution in [0, 0.1) is 0 Å². The van der Waals surface area contributed by atoms with Crippen molar-refractivity contribution in [2.75, 3.05) is 65.2 Å². The second-order valence-electron chi connectivity index (χ2n) is 5.74. The van der Waals surface area contributed by atoms with Crippen LogP contribution in [0.4, 0.5) is 0 Å². The normalized spacial score (nSPS) is 22.0. The number of halogens is 1. The summed E-state index contributed by atoms with van der Waals surface area (Å²) in [4.78, 5) is 16.2. The summed E-state index contributed by atoms with van der Waals surface area (Å²) in [6, 6.07) is 0. The van der Waals surface area contributed by atoms with Crippen LogP contribution in [0.1, 0.15) is 12.8 Å². The van der Waals surface area contributed by atoms with Crippen molar-refractivity contribution in [3.05, 3.63) is 0 Å². The molecule has 0 aliphatic carbocycles. The van der Waals surface area contributed by atoms with Gasteiger partial charge in [-0.15, -0.1) is 12.4 Å². The summed E-state index contributed by atoms with van der Waals surface area (Å²) >= 11 is 0. The van der Waals surface area contributed by atoms with Crippen molar-refractivity contribution < 1.29 is 13.2 Å². The average molecular weight is 355 g/mol. The van der Waals surface area contributed by atoms with E-state index in [1.54, 1.807) is 0 Å². The largest absolute Gasteiger partial charge is 0.340 e. The number of nitrogens with one attached hydrogen (secondary N) is 1. The van der Waals surface area contributed by atoms with Gasteiger partial charge < -0.3 is 15.1 Å². The van der Waals surface area contributed by atoms with Crippen molar-refractivity contribution >= 4 is 28.3 Å². The molecule has 130 valence electrons. The number of sulfonamides is 1. The van der Waals surface area contributed by atoms with Crippen molar-refractivity contribution in [3.63, 3.8) is 0 Å². The molecule has 22 heavy (non-hydrogen) atoms. The number of rotatable bonds is 4. The molecule has 2 rings (SSSR count). The zero-order valence-corrected chi connectivity index (χ0v) is 14.8. The first-order chi connectivity index (χ1) is 9.97. The van der Waals surface area contributed by atoms with Gasteiger partial charge in [0.25, 0.3) is 0 Å². The van der Waals surface area contributed by atoms with Gasteiger partial charge in [0.2, 0.25) is 15.9 Å². The third kappa shape index (κ3) is 6.00. The highest BCUT2D eigenvalue weighted by Gasteiger charge is 2.22. The zero-order chi connectivity index (χ0) is 15.3. The maximum Gasteiger partial charge on any atom is 0.223 e. The minimum Gasteiger partial charge on any atom is -0.340 e. The quantitative estimate of drug-likeness (QED) is 0.715. The van der Waals surface area contributed by atoms with E-state index in [2.05, 4.69) is 10.2 Å². The second kappa shape index (κ2) is 9.02. The SMILES string of the molecule is CS(=O)(=O)N1CCCN(CCC(=O)N2CCNCC2)CC1.Cl. The van der Waals surface area contributed by atoms with Crippen LogP contribution in [0.25, 0.3) is 0 Å². The van der Waals surface area contributed by atoms with Gasteiger partial charge in [-0.1, -0.05) is 0 Å². The van der Waals surface area contributed by atoms with Crippen LogP contribution in [0.2, 0.25) is 0 Å². The van der Waals surface area contributed by atoms with E-state index in [9.17, 15) is 13.2 Å². The van der Waals surface area contributed by atoms with Gasteiger partial charge in [-0.2, -0.15) is 0 Å². The Morgan fingerprint density at radius 3 is 2.36 bits per heavy atom. The van der Waals surface area contributed by atoms with E-state index in [1.165, 1.54) is 10.6 Å². The molecule has 1 amide bonds. The molecule has 2 saturated heterocycles. The highest BCUT2D eigenvalue weighted by atomic mass is 35.5. The molecule has 1 N–H and O–H groups in total. The Morgan fingerprint density at radius 1 is 1.05 bits per heavy atom. The molecule has 0 aromatic heterocycles. The van der Waals surface area contributed by atoms with Crippen molar-refractivity contribution in [1.29, 1.82) is 0 Å². The van der Waals surface area contributed by atoms with E-state index in [-0.39, 0.29) is 18.3 Å². The lowest BCUT2D eigenvalue weighted by molar-refractivity contribution is -0.132. The number of hydrogen-bond acceptors (Lipinski definition) is 5. The lowest BCUT2D eigenvalue weighted by atomic mass is 10.3. The Kier molecular flexibility index (Phi) is 8.06. The van der Waals surface area contributed by atoms with E-state index < -0.39 is 10.0 Å². The summed E-state index contributed by atoms with van der Waals surface area (Å²) in [6.45, 7) is 6.74. The van der Waals surface area contributed by atoms with Crippen molar-refractivity contribution in [2.45, 2.75) is 12.8 Å². The van der Waals surface area contributed by atoms with Gasteiger partial charge in [-0.05, 0) is 13.0 Å². The Labute approximate surface area is 139 Å². The fourth-order valence-corrected chi connectivity index (χ4v) is 3.70. The molecule has 9 heteroatoms. The van der Waals surface area contributed by atoms with Gasteiger partial charge in [-0.25, -0.2) is 12.7 Å². The van der Waals surface area contributed by atoms with Crippen molar-refractivity contribution in [1.82, 2.24) is 19.4 Å². The first-order valence-electron chi connectivity index (χ1n) is 7.63. The van der Waals surface area contributed by atoms with Gasteiger partial charge >= 0.3 is 0 Å². The van der Waals surface area contributed by atoms with E-state index in [4.69, 9.17) is 0 Å². The van der Waals surface area contributed by atoms with Crippen LogP contribution in [0.3, 0.4) is 0 Å². The van der Waals surface area contributed by atoms with Crippen molar-refractivity contribution in [3.8, 4) is 0 Å². The number of piperazine rings is 1. The van der Waals surface area contributed by atoms with Crippen LogP contribution in [0.5, 0.6) is 0 Å². The summed E-state index contributed by atoms with van der Waals surface area (Å²) in [7, 11) is -3.10. The molecule has 0 radical (unpaired) electrons. The summed E-state index contributed by atoms with van der Waals surface area (Å²) in [5, 5.41) is 3.24. The number of nitrogens with zero attached hydrogens (tertiary/aromatic N) is 3. The minimum atomic E-state index is -3.10. The molecule has 2 heterocycles. The molecule has 0 saturated carbocycles. The summed E-state index contributed by atoms with van der Waals surface area (Å²) in [5.41, 5.74) is 0. The molecule has 0 aromatic rings. The van der Waals surface area contributed by atoms with Gasteiger partial charge in [0, 0.05) is 58.8 Å². The Bertz CT molecular complexity index is 454. The average Bonchev–Trinajstić information content (AvgIpc) is 2.71. The van der Waals surface area contributed by atoms with Gasteiger partial charge in [0.05, 0.1) is 6.26 Å². The third-order valence-electron chi connectivity index (χ3n) is 4.13. The van der Waals surface area contributed by atoms with Crippen LogP contribution < -0.4 is 5.32 Å². The van der Waals surface area contributed by atoms with Crippen LogP contribution >= 0.6 is 12.4 Å². The number of amides is 1. The van der Waals surface area contributed by atoms with Crippen LogP contribution in [-0.4, -0.2) is 93.6 Å². The van der Waals surface area contributed by atoms with Gasteiger partial charge in [0.1, 0.15) is 0 Å². The molecular weight excluding hydrogens is 328 g/mol. The van der Waals surface area contributed by atoms with Gasteiger partial charge in [-0.3, -0.25) is 4.79 Å². The summed E-state index contributed by atoms with van der Waals surface area (Å²) in [5.74, 6) is 0.209. The Morgan fingerprint density at radius 2 is 1.73 bits per heavy atom. The Balaban J connectivity index is 0.00000242. The predicted octanol–water partition coefficient (Wildman–Crippen LogP) is -0.803. The third-order valence-corrected chi connectivity index (χ3v) is 5.43. The number of carbonyl (C=O) groups excluding carboxylic acids is 1. The molecule has 2 aliphatic rings. The van der Waals surface area contributed by atoms with Crippen LogP contribution in [0.15, 0.2) is 0 Å². The molecule has 7 nitrogen and oxygen atoms in total. The molecular formula is C13H27ClN4O3S. The molecule has 0 aromatic carbocycles. The predicted molar refractivity (Wildman–Crippen MR) is 88.8 cm³/mol. The molecule has 0 atom stereocenters. The number of hydrogen-bond donors (Lipinski definition) is 1. The lowest BCUT2D eigenvalue weighted by Crippen LogP contribution is -2.47. The van der Waals surface area contributed by atoms with Crippen LogP contribution in [-0.2, 0) is 14.8 Å². The number of carbonyl (C=O) groups is 1. The highest BCUT2D eigenvalue weighted by Crippen LogP contribution is 2.08. The maximum atomic E-state index is 12.1. The molecule has 0 spiro atoms. The maximum absolute atomic E-state index is 12.1. The first kappa shape index (κ1) is 19.6. The van der Waals surface area contributed by atoms with E-state index >= 15 is 0 Å². The monoisotopic (exact) mass is 354 g/mol. The fourth-order valence-electron chi connectivity index (χ4n) is 2.83. The van der Waals surface area contributed by atoms with E-state index in [0.717, 1.165) is 45.7 Å². The molecule has 0 unspecified atom stereocenters. The van der Waals surface area contributed by atoms with Crippen molar-refractivity contribution in [2.24, 2.45) is 0 Å². The fraction of sp³-hybridized carbons (Fsp3) is 0.923. The first-order valence-corrected chi connectivity index (χ1v) is 9.47. The topological polar surface area (TPSA) is 73.0 Å².